The van der Waals surface area contributed by atoms with Gasteiger partial charge in [0.1, 0.15) is 0 Å². The van der Waals surface area contributed by atoms with E-state index in [1.807, 2.05) is 25.1 Å². The van der Waals surface area contributed by atoms with Gasteiger partial charge in [-0.3, -0.25) is 4.79 Å². The minimum absolute atomic E-state index is 0.0461. The van der Waals surface area contributed by atoms with Gasteiger partial charge in [0.25, 0.3) is 5.91 Å². The van der Waals surface area contributed by atoms with Crippen LogP contribution in [0.2, 0.25) is 0 Å². The van der Waals surface area contributed by atoms with Gasteiger partial charge in [-0.1, -0.05) is 22.0 Å². The first-order valence-corrected chi connectivity index (χ1v) is 6.70. The average Bonchev–Trinajstić information content (AvgIpc) is 2.40. The predicted molar refractivity (Wildman–Crippen MR) is 71.8 cm³/mol. The predicted octanol–water partition coefficient (Wildman–Crippen LogP) is 1.90. The number of halogens is 1. The Labute approximate surface area is 115 Å². The van der Waals surface area contributed by atoms with E-state index in [1.165, 1.54) is 0 Å². The molecular formula is C13H16BrNO3. The molecule has 0 radical (unpaired) electrons. The zero-order valence-corrected chi connectivity index (χ0v) is 11.8. The summed E-state index contributed by atoms with van der Waals surface area (Å²) >= 11 is 3.42. The van der Waals surface area contributed by atoms with E-state index in [-0.39, 0.29) is 12.0 Å². The molecule has 0 aliphatic carbocycles. The van der Waals surface area contributed by atoms with Gasteiger partial charge in [0.15, 0.2) is 0 Å². The van der Waals surface area contributed by atoms with Crippen LogP contribution in [0.5, 0.6) is 0 Å². The van der Waals surface area contributed by atoms with E-state index in [2.05, 4.69) is 21.2 Å². The highest BCUT2D eigenvalue weighted by molar-refractivity contribution is 9.10. The average molecular weight is 314 g/mol. The first-order chi connectivity index (χ1) is 8.68. The molecule has 1 heterocycles. The molecule has 98 valence electrons. The summed E-state index contributed by atoms with van der Waals surface area (Å²) in [6.45, 7) is 4.16. The molecule has 1 N–H and O–H groups in total. The van der Waals surface area contributed by atoms with Crippen LogP contribution in [0, 0.1) is 6.92 Å². The summed E-state index contributed by atoms with van der Waals surface area (Å²) in [5.41, 5.74) is 1.62. The molecule has 1 atom stereocenters. The zero-order valence-electron chi connectivity index (χ0n) is 10.2. The van der Waals surface area contributed by atoms with Crippen LogP contribution in [0.1, 0.15) is 15.9 Å². The third kappa shape index (κ3) is 3.31. The van der Waals surface area contributed by atoms with E-state index in [4.69, 9.17) is 9.47 Å². The number of amides is 1. The van der Waals surface area contributed by atoms with Crippen LogP contribution in [0.3, 0.4) is 0 Å². The normalized spacial score (nSPS) is 19.6. The van der Waals surface area contributed by atoms with Gasteiger partial charge in [-0.2, -0.15) is 0 Å². The second-order valence-electron chi connectivity index (χ2n) is 4.19. The molecule has 0 saturated carbocycles. The van der Waals surface area contributed by atoms with Gasteiger partial charge < -0.3 is 14.8 Å². The van der Waals surface area contributed by atoms with Crippen molar-refractivity contribution in [2.45, 2.75) is 13.0 Å². The molecule has 1 fully saturated rings. The molecular weight excluding hydrogens is 298 g/mol. The van der Waals surface area contributed by atoms with Crippen LogP contribution in [0.25, 0.3) is 0 Å². The van der Waals surface area contributed by atoms with Crippen molar-refractivity contribution in [3.63, 3.8) is 0 Å². The van der Waals surface area contributed by atoms with Gasteiger partial charge in [0.05, 0.1) is 25.9 Å². The molecule has 1 aliphatic heterocycles. The van der Waals surface area contributed by atoms with E-state index in [0.29, 0.717) is 31.9 Å². The summed E-state index contributed by atoms with van der Waals surface area (Å²) in [4.78, 5) is 12.0. The molecule has 1 amide bonds. The lowest BCUT2D eigenvalue weighted by Crippen LogP contribution is -2.39. The molecule has 5 heteroatoms. The van der Waals surface area contributed by atoms with Crippen molar-refractivity contribution in [2.75, 3.05) is 26.4 Å². The van der Waals surface area contributed by atoms with Crippen molar-refractivity contribution in [2.24, 2.45) is 0 Å². The van der Waals surface area contributed by atoms with E-state index in [9.17, 15) is 4.79 Å². The standard InChI is InChI=1S/C13H16BrNO3/c1-9-11(3-2-4-12(9)14)13(16)15-7-10-8-17-5-6-18-10/h2-4,10H,5-8H2,1H3,(H,15,16). The quantitative estimate of drug-likeness (QED) is 0.927. The highest BCUT2D eigenvalue weighted by Crippen LogP contribution is 2.19. The Kier molecular flexibility index (Phi) is 4.74. The van der Waals surface area contributed by atoms with Gasteiger partial charge in [0.2, 0.25) is 0 Å². The Morgan fingerprint density at radius 2 is 2.33 bits per heavy atom. The van der Waals surface area contributed by atoms with Crippen molar-refractivity contribution in [3.8, 4) is 0 Å². The van der Waals surface area contributed by atoms with Crippen molar-refractivity contribution in [1.29, 1.82) is 0 Å². The molecule has 1 unspecified atom stereocenters. The van der Waals surface area contributed by atoms with E-state index >= 15 is 0 Å². The molecule has 2 rings (SSSR count). The fraction of sp³-hybridized carbons (Fsp3) is 0.462. The molecule has 0 aromatic heterocycles. The first-order valence-electron chi connectivity index (χ1n) is 5.91. The minimum Gasteiger partial charge on any atom is -0.376 e. The summed E-state index contributed by atoms with van der Waals surface area (Å²) in [7, 11) is 0. The third-order valence-electron chi connectivity index (χ3n) is 2.89. The first kappa shape index (κ1) is 13.5. The lowest BCUT2D eigenvalue weighted by atomic mass is 10.1. The number of nitrogens with one attached hydrogen (secondary N) is 1. The Balaban J connectivity index is 1.93. The van der Waals surface area contributed by atoms with Gasteiger partial charge in [-0.15, -0.1) is 0 Å². The van der Waals surface area contributed by atoms with Crippen LogP contribution in [-0.2, 0) is 9.47 Å². The highest BCUT2D eigenvalue weighted by atomic mass is 79.9. The maximum atomic E-state index is 12.0. The minimum atomic E-state index is -0.0806. The monoisotopic (exact) mass is 313 g/mol. The smallest absolute Gasteiger partial charge is 0.251 e. The zero-order chi connectivity index (χ0) is 13.0. The summed E-state index contributed by atoms with van der Waals surface area (Å²) in [5, 5.41) is 2.87. The summed E-state index contributed by atoms with van der Waals surface area (Å²) in [6, 6.07) is 5.59. The molecule has 1 aromatic rings. The van der Waals surface area contributed by atoms with Crippen LogP contribution in [-0.4, -0.2) is 38.4 Å². The van der Waals surface area contributed by atoms with E-state index in [1.54, 1.807) is 0 Å². The second-order valence-corrected chi connectivity index (χ2v) is 5.04. The van der Waals surface area contributed by atoms with E-state index in [0.717, 1.165) is 10.0 Å². The summed E-state index contributed by atoms with van der Waals surface area (Å²) in [5.74, 6) is -0.0806. The SMILES string of the molecule is Cc1c(Br)cccc1C(=O)NCC1COCCO1. The number of hydrogen-bond acceptors (Lipinski definition) is 3. The lowest BCUT2D eigenvalue weighted by Gasteiger charge is -2.23. The van der Waals surface area contributed by atoms with Crippen LogP contribution in [0.15, 0.2) is 22.7 Å². The summed E-state index contributed by atoms with van der Waals surface area (Å²) in [6.07, 6.45) is -0.0461. The fourth-order valence-electron chi connectivity index (χ4n) is 1.81. The largest absolute Gasteiger partial charge is 0.376 e. The van der Waals surface area contributed by atoms with Crippen molar-refractivity contribution in [1.82, 2.24) is 5.32 Å². The number of benzene rings is 1. The molecule has 18 heavy (non-hydrogen) atoms. The van der Waals surface area contributed by atoms with Crippen molar-refractivity contribution >= 4 is 21.8 Å². The van der Waals surface area contributed by atoms with Crippen LogP contribution >= 0.6 is 15.9 Å². The van der Waals surface area contributed by atoms with Gasteiger partial charge in [0, 0.05) is 16.6 Å². The number of carbonyl (C=O) groups excluding carboxylic acids is 1. The van der Waals surface area contributed by atoms with Crippen molar-refractivity contribution < 1.29 is 14.3 Å². The third-order valence-corrected chi connectivity index (χ3v) is 3.75. The van der Waals surface area contributed by atoms with Crippen LogP contribution in [0.4, 0.5) is 0 Å². The molecule has 0 bridgehead atoms. The molecule has 1 aliphatic rings. The van der Waals surface area contributed by atoms with E-state index < -0.39 is 0 Å². The molecule has 1 aromatic carbocycles. The Morgan fingerprint density at radius 3 is 3.06 bits per heavy atom. The maximum Gasteiger partial charge on any atom is 0.251 e. The number of carbonyl (C=O) groups is 1. The van der Waals surface area contributed by atoms with Crippen molar-refractivity contribution in [3.05, 3.63) is 33.8 Å². The van der Waals surface area contributed by atoms with Gasteiger partial charge >= 0.3 is 0 Å². The van der Waals surface area contributed by atoms with Crippen LogP contribution < -0.4 is 5.32 Å². The lowest BCUT2D eigenvalue weighted by molar-refractivity contribution is -0.0855. The number of ether oxygens (including phenoxy) is 2. The molecule has 0 spiro atoms. The van der Waals surface area contributed by atoms with Gasteiger partial charge in [-0.25, -0.2) is 0 Å². The fourth-order valence-corrected chi connectivity index (χ4v) is 2.18. The Morgan fingerprint density at radius 1 is 1.50 bits per heavy atom. The maximum absolute atomic E-state index is 12.0. The topological polar surface area (TPSA) is 47.6 Å². The molecule has 4 nitrogen and oxygen atoms in total. The number of rotatable bonds is 3. The van der Waals surface area contributed by atoms with Gasteiger partial charge in [-0.05, 0) is 24.6 Å². The summed E-state index contributed by atoms with van der Waals surface area (Å²) < 4.78 is 11.7. The second kappa shape index (κ2) is 6.31. The Hall–Kier alpha value is -0.910. The number of hydrogen-bond donors (Lipinski definition) is 1. The molecule has 1 saturated heterocycles. The highest BCUT2D eigenvalue weighted by Gasteiger charge is 2.16. The Bertz CT molecular complexity index is 430.